The summed E-state index contributed by atoms with van der Waals surface area (Å²) in [5.41, 5.74) is 3.70. The van der Waals surface area contributed by atoms with Gasteiger partial charge in [-0.25, -0.2) is 0 Å². The van der Waals surface area contributed by atoms with Crippen molar-refractivity contribution in [2.75, 3.05) is 30.4 Å². The molecule has 1 saturated heterocycles. The topological polar surface area (TPSA) is 70.7 Å². The van der Waals surface area contributed by atoms with Crippen LogP contribution in [-0.4, -0.2) is 38.1 Å². The maximum atomic E-state index is 12.9. The Hall–Kier alpha value is -2.86. The summed E-state index contributed by atoms with van der Waals surface area (Å²) >= 11 is 0. The minimum Gasteiger partial charge on any atom is -0.497 e. The minimum absolute atomic E-state index is 0.00287. The van der Waals surface area contributed by atoms with Gasteiger partial charge in [0.15, 0.2) is 0 Å². The lowest BCUT2D eigenvalue weighted by Crippen LogP contribution is -2.43. The molecule has 1 fully saturated rings. The zero-order valence-electron chi connectivity index (χ0n) is 16.7. The summed E-state index contributed by atoms with van der Waals surface area (Å²) in [5, 5.41) is 6.28. The van der Waals surface area contributed by atoms with Crippen LogP contribution in [0.2, 0.25) is 0 Å². The Morgan fingerprint density at radius 1 is 1.21 bits per heavy atom. The Morgan fingerprint density at radius 2 is 2.10 bits per heavy atom. The van der Waals surface area contributed by atoms with Crippen molar-refractivity contribution in [2.24, 2.45) is 0 Å². The largest absolute Gasteiger partial charge is 0.497 e. The van der Waals surface area contributed by atoms with E-state index < -0.39 is 0 Å². The molecule has 152 valence electrons. The molecule has 0 radical (unpaired) electrons. The van der Waals surface area contributed by atoms with Gasteiger partial charge in [-0.1, -0.05) is 24.6 Å². The molecule has 2 aliphatic rings. The van der Waals surface area contributed by atoms with Crippen molar-refractivity contribution in [3.8, 4) is 5.75 Å². The van der Waals surface area contributed by atoms with Crippen molar-refractivity contribution in [2.45, 2.75) is 38.1 Å². The van der Waals surface area contributed by atoms with Gasteiger partial charge in [0.2, 0.25) is 11.8 Å². The third-order valence-electron chi connectivity index (χ3n) is 5.67. The number of methoxy groups -OCH3 is 1. The van der Waals surface area contributed by atoms with E-state index in [4.69, 9.17) is 4.74 Å². The molecule has 1 unspecified atom stereocenters. The molecule has 0 saturated carbocycles. The number of hydrogen-bond acceptors (Lipinski definition) is 4. The van der Waals surface area contributed by atoms with E-state index >= 15 is 0 Å². The summed E-state index contributed by atoms with van der Waals surface area (Å²) < 4.78 is 5.25. The number of hydrogen-bond donors (Lipinski definition) is 2. The lowest BCUT2D eigenvalue weighted by atomic mass is 10.0. The molecule has 4 rings (SSSR count). The zero-order valence-corrected chi connectivity index (χ0v) is 16.7. The molecular formula is C23H27N3O3. The second-order valence-corrected chi connectivity index (χ2v) is 7.66. The highest BCUT2D eigenvalue weighted by molar-refractivity contribution is 5.99. The summed E-state index contributed by atoms with van der Waals surface area (Å²) in [6.07, 6.45) is 4.20. The van der Waals surface area contributed by atoms with Gasteiger partial charge in [0.05, 0.1) is 19.6 Å². The number of carbonyl (C=O) groups excluding carboxylic acids is 2. The third kappa shape index (κ3) is 4.43. The molecule has 6 heteroatoms. The number of carbonyl (C=O) groups is 2. The van der Waals surface area contributed by atoms with Crippen LogP contribution >= 0.6 is 0 Å². The highest BCUT2D eigenvalue weighted by atomic mass is 16.5. The molecule has 2 N–H and O–H groups in total. The standard InChI is InChI=1S/C23H27N3O3/c1-29-19-6-4-5-16(13-19)14-22(27)26-12-10-17-8-9-18(15-21(17)26)25-23(28)20-7-2-3-11-24-20/h4-6,8-9,13,15,20,24H,2-3,7,10-12,14H2,1H3,(H,25,28). The van der Waals surface area contributed by atoms with Crippen LogP contribution in [0.3, 0.4) is 0 Å². The highest BCUT2D eigenvalue weighted by Crippen LogP contribution is 2.31. The lowest BCUT2D eigenvalue weighted by molar-refractivity contribution is -0.119. The van der Waals surface area contributed by atoms with Crippen molar-refractivity contribution >= 4 is 23.2 Å². The smallest absolute Gasteiger partial charge is 0.241 e. The number of amides is 2. The molecule has 0 aromatic heterocycles. The van der Waals surface area contributed by atoms with Crippen LogP contribution in [0.4, 0.5) is 11.4 Å². The second-order valence-electron chi connectivity index (χ2n) is 7.66. The van der Waals surface area contributed by atoms with Gasteiger partial charge < -0.3 is 20.3 Å². The van der Waals surface area contributed by atoms with Gasteiger partial charge in [0, 0.05) is 17.9 Å². The number of benzene rings is 2. The van der Waals surface area contributed by atoms with Crippen LogP contribution in [0, 0.1) is 0 Å². The van der Waals surface area contributed by atoms with E-state index in [1.165, 1.54) is 0 Å². The predicted molar refractivity (Wildman–Crippen MR) is 113 cm³/mol. The van der Waals surface area contributed by atoms with Crippen molar-refractivity contribution in [1.29, 1.82) is 0 Å². The van der Waals surface area contributed by atoms with Gasteiger partial charge >= 0.3 is 0 Å². The molecular weight excluding hydrogens is 366 g/mol. The van der Waals surface area contributed by atoms with E-state index in [0.29, 0.717) is 13.0 Å². The Bertz CT molecular complexity index is 906. The Kier molecular flexibility index (Phi) is 5.81. The summed E-state index contributed by atoms with van der Waals surface area (Å²) in [4.78, 5) is 27.3. The van der Waals surface area contributed by atoms with E-state index in [1.54, 1.807) is 7.11 Å². The molecule has 0 bridgehead atoms. The monoisotopic (exact) mass is 393 g/mol. The number of nitrogens with zero attached hydrogens (tertiary/aromatic N) is 1. The highest BCUT2D eigenvalue weighted by Gasteiger charge is 2.26. The molecule has 2 aromatic rings. The molecule has 0 aliphatic carbocycles. The average Bonchev–Trinajstić information content (AvgIpc) is 3.18. The Balaban J connectivity index is 1.46. The van der Waals surface area contributed by atoms with Crippen molar-refractivity contribution in [3.63, 3.8) is 0 Å². The summed E-state index contributed by atoms with van der Waals surface area (Å²) in [6.45, 7) is 1.55. The molecule has 2 heterocycles. The number of ether oxygens (including phenoxy) is 1. The Labute approximate surface area is 171 Å². The first-order valence-electron chi connectivity index (χ1n) is 10.2. The van der Waals surface area contributed by atoms with Crippen LogP contribution in [0.1, 0.15) is 30.4 Å². The SMILES string of the molecule is COc1cccc(CC(=O)N2CCc3ccc(NC(=O)C4CCCCN4)cc32)c1. The van der Waals surface area contributed by atoms with Crippen molar-refractivity contribution in [3.05, 3.63) is 53.6 Å². The molecule has 2 aromatic carbocycles. The van der Waals surface area contributed by atoms with Crippen LogP contribution < -0.4 is 20.3 Å². The van der Waals surface area contributed by atoms with E-state index in [0.717, 1.165) is 60.5 Å². The van der Waals surface area contributed by atoms with Crippen LogP contribution in [0.25, 0.3) is 0 Å². The van der Waals surface area contributed by atoms with Crippen LogP contribution in [0.5, 0.6) is 5.75 Å². The fraction of sp³-hybridized carbons (Fsp3) is 0.391. The number of nitrogens with one attached hydrogen (secondary N) is 2. The quantitative estimate of drug-likeness (QED) is 0.820. The second kappa shape index (κ2) is 8.66. The number of piperidine rings is 1. The van der Waals surface area contributed by atoms with Gasteiger partial charge in [-0.15, -0.1) is 0 Å². The zero-order chi connectivity index (χ0) is 20.2. The molecule has 2 aliphatic heterocycles. The fourth-order valence-corrected chi connectivity index (χ4v) is 4.07. The minimum atomic E-state index is -0.136. The van der Waals surface area contributed by atoms with Gasteiger partial charge in [0.25, 0.3) is 0 Å². The number of rotatable bonds is 5. The predicted octanol–water partition coefficient (Wildman–Crippen LogP) is 2.91. The average molecular weight is 393 g/mol. The molecule has 29 heavy (non-hydrogen) atoms. The summed E-state index contributed by atoms with van der Waals surface area (Å²) in [5.74, 6) is 0.796. The summed E-state index contributed by atoms with van der Waals surface area (Å²) in [7, 11) is 1.62. The number of anilines is 2. The maximum absolute atomic E-state index is 12.9. The van der Waals surface area contributed by atoms with Gasteiger partial charge in [-0.3, -0.25) is 9.59 Å². The molecule has 0 spiro atoms. The van der Waals surface area contributed by atoms with E-state index in [-0.39, 0.29) is 17.9 Å². The molecule has 2 amide bonds. The number of fused-ring (bicyclic) bond motifs is 1. The van der Waals surface area contributed by atoms with E-state index in [2.05, 4.69) is 10.6 Å². The van der Waals surface area contributed by atoms with Gasteiger partial charge in [-0.05, 0) is 61.2 Å². The first-order valence-corrected chi connectivity index (χ1v) is 10.2. The summed E-state index contributed by atoms with van der Waals surface area (Å²) in [6, 6.07) is 13.3. The van der Waals surface area contributed by atoms with E-state index in [9.17, 15) is 9.59 Å². The van der Waals surface area contributed by atoms with Crippen molar-refractivity contribution < 1.29 is 14.3 Å². The van der Waals surface area contributed by atoms with Crippen LogP contribution in [0.15, 0.2) is 42.5 Å². The van der Waals surface area contributed by atoms with Crippen molar-refractivity contribution in [1.82, 2.24) is 5.32 Å². The third-order valence-corrected chi connectivity index (χ3v) is 5.67. The maximum Gasteiger partial charge on any atom is 0.241 e. The van der Waals surface area contributed by atoms with Gasteiger partial charge in [-0.2, -0.15) is 0 Å². The Morgan fingerprint density at radius 3 is 2.90 bits per heavy atom. The van der Waals surface area contributed by atoms with Crippen LogP contribution in [-0.2, 0) is 22.4 Å². The molecule has 6 nitrogen and oxygen atoms in total. The fourth-order valence-electron chi connectivity index (χ4n) is 4.07. The normalized spacial score (nSPS) is 18.2. The lowest BCUT2D eigenvalue weighted by Gasteiger charge is -2.23. The first-order chi connectivity index (χ1) is 14.1. The van der Waals surface area contributed by atoms with E-state index in [1.807, 2.05) is 47.4 Å². The molecule has 1 atom stereocenters. The van der Waals surface area contributed by atoms with Gasteiger partial charge in [0.1, 0.15) is 5.75 Å². The first kappa shape index (κ1) is 19.5.